The van der Waals surface area contributed by atoms with Crippen LogP contribution in [-0.4, -0.2) is 33.0 Å². The first-order valence-electron chi connectivity index (χ1n) is 9.64. The van der Waals surface area contributed by atoms with Gasteiger partial charge in [0.1, 0.15) is 17.3 Å². The van der Waals surface area contributed by atoms with Crippen LogP contribution in [0.5, 0.6) is 0 Å². The second-order valence-electron chi connectivity index (χ2n) is 7.16. The predicted molar refractivity (Wildman–Crippen MR) is 106 cm³/mol. The van der Waals surface area contributed by atoms with Crippen molar-refractivity contribution in [3.63, 3.8) is 0 Å². The third-order valence-electron chi connectivity index (χ3n) is 4.95. The molecule has 1 N–H and O–H groups in total. The summed E-state index contributed by atoms with van der Waals surface area (Å²) in [6.45, 7) is 1.53. The maximum absolute atomic E-state index is 13.5. The van der Waals surface area contributed by atoms with Crippen LogP contribution in [0.25, 0.3) is 0 Å². The van der Waals surface area contributed by atoms with E-state index < -0.39 is 5.91 Å². The molecule has 0 unspecified atom stereocenters. The molecule has 1 aliphatic heterocycles. The summed E-state index contributed by atoms with van der Waals surface area (Å²) >= 11 is 0. The first-order valence-corrected chi connectivity index (χ1v) is 9.64. The van der Waals surface area contributed by atoms with Crippen molar-refractivity contribution in [2.45, 2.75) is 26.1 Å². The molecule has 0 saturated heterocycles. The Morgan fingerprint density at radius 2 is 1.80 bits per heavy atom. The lowest BCUT2D eigenvalue weighted by atomic mass is 10.2. The molecule has 1 aliphatic rings. The lowest BCUT2D eigenvalue weighted by Gasteiger charge is -2.20. The standard InChI is InChI=1S/C22H20F2N4O2/c23-17-7-5-15(6-8-17)13-25-21(29)19-12-20-22(30)27(9-2-10-28(20)26-19)14-16-3-1-4-18(24)11-16/h1,3-8,11-12H,2,9-10,13-14H2,(H,25,29). The minimum Gasteiger partial charge on any atom is -0.347 e. The van der Waals surface area contributed by atoms with Gasteiger partial charge in [0.25, 0.3) is 11.8 Å². The number of fused-ring (bicyclic) bond motifs is 1. The van der Waals surface area contributed by atoms with Crippen molar-refractivity contribution >= 4 is 11.8 Å². The van der Waals surface area contributed by atoms with Gasteiger partial charge in [0.15, 0.2) is 5.69 Å². The molecule has 0 saturated carbocycles. The van der Waals surface area contributed by atoms with Crippen molar-refractivity contribution in [3.8, 4) is 0 Å². The van der Waals surface area contributed by atoms with Crippen molar-refractivity contribution < 1.29 is 18.4 Å². The van der Waals surface area contributed by atoms with Gasteiger partial charge in [-0.25, -0.2) is 8.78 Å². The number of rotatable bonds is 5. The first-order chi connectivity index (χ1) is 14.5. The summed E-state index contributed by atoms with van der Waals surface area (Å²) in [5, 5.41) is 7.01. The van der Waals surface area contributed by atoms with Crippen LogP contribution in [0.3, 0.4) is 0 Å². The zero-order valence-electron chi connectivity index (χ0n) is 16.1. The lowest BCUT2D eigenvalue weighted by Crippen LogP contribution is -2.30. The van der Waals surface area contributed by atoms with Crippen LogP contribution in [-0.2, 0) is 19.6 Å². The lowest BCUT2D eigenvalue weighted by molar-refractivity contribution is 0.0745. The van der Waals surface area contributed by atoms with E-state index in [2.05, 4.69) is 10.4 Å². The average Bonchev–Trinajstić information content (AvgIpc) is 3.10. The number of hydrogen-bond donors (Lipinski definition) is 1. The molecule has 0 spiro atoms. The SMILES string of the molecule is O=C(NCc1ccc(F)cc1)c1cc2n(n1)CCCN(Cc1cccc(F)c1)C2=O. The maximum Gasteiger partial charge on any atom is 0.272 e. The van der Waals surface area contributed by atoms with Gasteiger partial charge in [-0.05, 0) is 41.8 Å². The van der Waals surface area contributed by atoms with E-state index in [0.717, 1.165) is 5.56 Å². The third kappa shape index (κ3) is 4.37. The summed E-state index contributed by atoms with van der Waals surface area (Å²) in [5.74, 6) is -1.35. The minimum absolute atomic E-state index is 0.146. The Morgan fingerprint density at radius 3 is 2.57 bits per heavy atom. The molecule has 0 aliphatic carbocycles. The van der Waals surface area contributed by atoms with Crippen LogP contribution in [0.1, 0.15) is 38.5 Å². The Bertz CT molecular complexity index is 1080. The van der Waals surface area contributed by atoms with Gasteiger partial charge in [0.2, 0.25) is 0 Å². The molecule has 6 nitrogen and oxygen atoms in total. The highest BCUT2D eigenvalue weighted by Gasteiger charge is 2.26. The predicted octanol–water partition coefficient (Wildman–Crippen LogP) is 3.14. The van der Waals surface area contributed by atoms with Gasteiger partial charge >= 0.3 is 0 Å². The number of amides is 2. The van der Waals surface area contributed by atoms with Gasteiger partial charge in [-0.1, -0.05) is 24.3 Å². The number of aromatic nitrogens is 2. The zero-order chi connectivity index (χ0) is 21.1. The van der Waals surface area contributed by atoms with Crippen LogP contribution < -0.4 is 5.32 Å². The number of aryl methyl sites for hydroxylation is 1. The summed E-state index contributed by atoms with van der Waals surface area (Å²) in [6, 6.07) is 13.5. The van der Waals surface area contributed by atoms with Gasteiger partial charge in [0, 0.05) is 32.2 Å². The fourth-order valence-electron chi connectivity index (χ4n) is 3.43. The van der Waals surface area contributed by atoms with Gasteiger partial charge in [-0.3, -0.25) is 14.3 Å². The molecule has 0 radical (unpaired) electrons. The molecule has 2 amide bonds. The van der Waals surface area contributed by atoms with Gasteiger partial charge in [-0.2, -0.15) is 5.10 Å². The normalized spacial score (nSPS) is 13.7. The molecule has 3 aromatic rings. The number of carbonyl (C=O) groups is 2. The highest BCUT2D eigenvalue weighted by molar-refractivity contribution is 5.98. The molecule has 2 heterocycles. The Morgan fingerprint density at radius 1 is 1.00 bits per heavy atom. The largest absolute Gasteiger partial charge is 0.347 e. The van der Waals surface area contributed by atoms with Gasteiger partial charge in [-0.15, -0.1) is 0 Å². The molecule has 0 fully saturated rings. The number of hydrogen-bond acceptors (Lipinski definition) is 3. The zero-order valence-corrected chi connectivity index (χ0v) is 16.1. The van der Waals surface area contributed by atoms with Gasteiger partial charge < -0.3 is 10.2 Å². The number of benzene rings is 2. The molecule has 1 aromatic heterocycles. The van der Waals surface area contributed by atoms with Crippen molar-refractivity contribution in [1.82, 2.24) is 20.0 Å². The molecule has 8 heteroatoms. The average molecular weight is 410 g/mol. The smallest absolute Gasteiger partial charge is 0.272 e. The van der Waals surface area contributed by atoms with Gasteiger partial charge in [0.05, 0.1) is 0 Å². The fraction of sp³-hybridized carbons (Fsp3) is 0.227. The van der Waals surface area contributed by atoms with Crippen LogP contribution in [0.2, 0.25) is 0 Å². The highest BCUT2D eigenvalue weighted by atomic mass is 19.1. The fourth-order valence-corrected chi connectivity index (χ4v) is 3.43. The number of nitrogens with zero attached hydrogens (tertiary/aromatic N) is 3. The van der Waals surface area contributed by atoms with E-state index in [4.69, 9.17) is 0 Å². The molecule has 0 atom stereocenters. The summed E-state index contributed by atoms with van der Waals surface area (Å²) in [6.07, 6.45) is 0.673. The quantitative estimate of drug-likeness (QED) is 0.703. The van der Waals surface area contributed by atoms with Crippen LogP contribution in [0.15, 0.2) is 54.6 Å². The summed E-state index contributed by atoms with van der Waals surface area (Å²) in [5.41, 5.74) is 1.93. The Kier molecular flexibility index (Phi) is 5.56. The second kappa shape index (κ2) is 8.44. The van der Waals surface area contributed by atoms with Crippen molar-refractivity contribution in [1.29, 1.82) is 0 Å². The van der Waals surface area contributed by atoms with E-state index in [9.17, 15) is 18.4 Å². The minimum atomic E-state index is -0.413. The molecular weight excluding hydrogens is 390 g/mol. The second-order valence-corrected chi connectivity index (χ2v) is 7.16. The summed E-state index contributed by atoms with van der Waals surface area (Å²) in [7, 11) is 0. The van der Waals surface area contributed by atoms with E-state index in [1.54, 1.807) is 33.8 Å². The monoisotopic (exact) mass is 410 g/mol. The molecule has 4 rings (SSSR count). The summed E-state index contributed by atoms with van der Waals surface area (Å²) < 4.78 is 28.0. The van der Waals surface area contributed by atoms with E-state index in [-0.39, 0.29) is 36.3 Å². The highest BCUT2D eigenvalue weighted by Crippen LogP contribution is 2.17. The van der Waals surface area contributed by atoms with Crippen molar-refractivity contribution in [2.24, 2.45) is 0 Å². The Labute approximate surface area is 172 Å². The van der Waals surface area contributed by atoms with Crippen molar-refractivity contribution in [3.05, 3.63) is 88.7 Å². The topological polar surface area (TPSA) is 67.2 Å². The Balaban J connectivity index is 1.46. The molecule has 2 aromatic carbocycles. The maximum atomic E-state index is 13.5. The van der Waals surface area contributed by atoms with E-state index in [1.807, 2.05) is 0 Å². The van der Waals surface area contributed by atoms with Crippen LogP contribution >= 0.6 is 0 Å². The van der Waals surface area contributed by atoms with Crippen LogP contribution in [0.4, 0.5) is 8.78 Å². The number of carbonyl (C=O) groups excluding carboxylic acids is 2. The van der Waals surface area contributed by atoms with E-state index in [0.29, 0.717) is 30.8 Å². The first kappa shape index (κ1) is 19.8. The third-order valence-corrected chi connectivity index (χ3v) is 4.95. The molecule has 30 heavy (non-hydrogen) atoms. The Hall–Kier alpha value is -3.55. The molecule has 0 bridgehead atoms. The molecular formula is C22H20F2N4O2. The summed E-state index contributed by atoms with van der Waals surface area (Å²) in [4.78, 5) is 27.1. The van der Waals surface area contributed by atoms with E-state index >= 15 is 0 Å². The number of nitrogens with one attached hydrogen (secondary N) is 1. The van der Waals surface area contributed by atoms with E-state index in [1.165, 1.54) is 30.3 Å². The number of halogens is 2. The van der Waals surface area contributed by atoms with Crippen molar-refractivity contribution in [2.75, 3.05) is 6.54 Å². The van der Waals surface area contributed by atoms with Crippen LogP contribution in [0, 0.1) is 11.6 Å². The molecule has 154 valence electrons.